The van der Waals surface area contributed by atoms with Crippen LogP contribution in [-0.2, 0) is 4.79 Å². The van der Waals surface area contributed by atoms with Gasteiger partial charge in [0.1, 0.15) is 17.3 Å². The fourth-order valence-electron chi connectivity index (χ4n) is 3.51. The molecule has 194 valence electrons. The van der Waals surface area contributed by atoms with E-state index >= 15 is 0 Å². The fraction of sp³-hybridized carbons (Fsp3) is 0.192. The van der Waals surface area contributed by atoms with E-state index in [0.29, 0.717) is 49.5 Å². The van der Waals surface area contributed by atoms with Gasteiger partial charge in [-0.3, -0.25) is 9.59 Å². The Hall–Kier alpha value is -3.79. The van der Waals surface area contributed by atoms with Gasteiger partial charge in [0.15, 0.2) is 0 Å². The van der Waals surface area contributed by atoms with Gasteiger partial charge in [-0.25, -0.2) is 0 Å². The molecule has 0 atom stereocenters. The van der Waals surface area contributed by atoms with Crippen LogP contribution >= 0.6 is 23.2 Å². The molecule has 3 rings (SSSR count). The molecule has 3 aromatic carbocycles. The van der Waals surface area contributed by atoms with Gasteiger partial charge in [-0.05, 0) is 56.1 Å². The van der Waals surface area contributed by atoms with Crippen LogP contribution in [0.1, 0.15) is 15.9 Å². The van der Waals surface area contributed by atoms with Crippen molar-refractivity contribution in [2.75, 3.05) is 45.9 Å². The Morgan fingerprint density at radius 2 is 1.57 bits per heavy atom. The first-order chi connectivity index (χ1) is 17.5. The van der Waals surface area contributed by atoms with Crippen molar-refractivity contribution in [1.82, 2.24) is 4.90 Å². The SMILES string of the molecule is COc1cc(OC)c(Cl)c(-c2ccc(C(N)=NC(=O)c3ccc(NC(=O)CN(C)C)cc3)c(N)c2)c1Cl. The summed E-state index contributed by atoms with van der Waals surface area (Å²) in [5.41, 5.74) is 14.9. The number of nitrogens with two attached hydrogens (primary N) is 2. The van der Waals surface area contributed by atoms with Crippen LogP contribution < -0.4 is 26.3 Å². The number of amides is 2. The van der Waals surface area contributed by atoms with E-state index in [1.807, 2.05) is 0 Å². The van der Waals surface area contributed by atoms with Gasteiger partial charge in [-0.1, -0.05) is 29.3 Å². The number of nitrogens with zero attached hydrogens (tertiary/aromatic N) is 2. The molecule has 0 aromatic heterocycles. The molecule has 0 heterocycles. The van der Waals surface area contributed by atoms with E-state index in [4.69, 9.17) is 44.1 Å². The lowest BCUT2D eigenvalue weighted by Gasteiger charge is -2.16. The minimum absolute atomic E-state index is 0.0576. The van der Waals surface area contributed by atoms with Crippen molar-refractivity contribution in [3.63, 3.8) is 0 Å². The molecule has 9 nitrogen and oxygen atoms in total. The Kier molecular flexibility index (Phi) is 8.99. The number of aliphatic imine (C=N–C) groups is 1. The first kappa shape index (κ1) is 27.8. The highest BCUT2D eigenvalue weighted by atomic mass is 35.5. The van der Waals surface area contributed by atoms with Gasteiger partial charge in [0.25, 0.3) is 5.91 Å². The molecular formula is C26H27Cl2N5O4. The maximum absolute atomic E-state index is 12.7. The van der Waals surface area contributed by atoms with Crippen molar-refractivity contribution in [2.45, 2.75) is 0 Å². The van der Waals surface area contributed by atoms with Crippen molar-refractivity contribution in [1.29, 1.82) is 0 Å². The zero-order valence-corrected chi connectivity index (χ0v) is 22.3. The molecule has 0 fully saturated rings. The standard InChI is InChI=1S/C26H27Cl2N5O4/c1-33(2)13-21(34)31-16-8-5-14(6-9-16)26(35)32-25(30)17-10-7-15(11-18(17)29)22-23(27)19(36-3)12-20(37-4)24(22)28/h5-12H,13,29H2,1-4H3,(H,31,34)(H2,30,32,35). The summed E-state index contributed by atoms with van der Waals surface area (Å²) in [7, 11) is 6.56. The lowest BCUT2D eigenvalue weighted by Crippen LogP contribution is -2.27. The van der Waals surface area contributed by atoms with Gasteiger partial charge < -0.3 is 31.2 Å². The van der Waals surface area contributed by atoms with E-state index in [1.54, 1.807) is 67.5 Å². The predicted molar refractivity (Wildman–Crippen MR) is 148 cm³/mol. The quantitative estimate of drug-likeness (QED) is 0.219. The maximum atomic E-state index is 12.7. The molecule has 11 heteroatoms. The number of anilines is 2. The molecule has 0 saturated carbocycles. The highest BCUT2D eigenvalue weighted by Crippen LogP contribution is 2.46. The Labute approximate surface area is 225 Å². The third kappa shape index (κ3) is 6.51. The molecule has 0 aliphatic carbocycles. The van der Waals surface area contributed by atoms with Gasteiger partial charge in [-0.15, -0.1) is 0 Å². The monoisotopic (exact) mass is 543 g/mol. The zero-order chi connectivity index (χ0) is 27.3. The van der Waals surface area contributed by atoms with Crippen LogP contribution in [-0.4, -0.2) is 57.4 Å². The van der Waals surface area contributed by atoms with Crippen molar-refractivity contribution in [3.05, 3.63) is 69.7 Å². The molecule has 0 saturated heterocycles. The van der Waals surface area contributed by atoms with E-state index in [9.17, 15) is 9.59 Å². The summed E-state index contributed by atoms with van der Waals surface area (Å²) in [4.78, 5) is 30.3. The molecule has 0 spiro atoms. The molecule has 0 aliphatic rings. The maximum Gasteiger partial charge on any atom is 0.278 e. The first-order valence-electron chi connectivity index (χ1n) is 11.0. The number of rotatable bonds is 8. The number of hydrogen-bond donors (Lipinski definition) is 3. The number of benzene rings is 3. The van der Waals surface area contributed by atoms with E-state index in [-0.39, 0.29) is 24.0 Å². The third-order valence-electron chi connectivity index (χ3n) is 5.29. The number of likely N-dealkylation sites (N-methyl/N-ethyl adjacent to an activating group) is 1. The summed E-state index contributed by atoms with van der Waals surface area (Å²) >= 11 is 13.0. The average molecular weight is 544 g/mol. The van der Waals surface area contributed by atoms with Crippen LogP contribution in [0.4, 0.5) is 11.4 Å². The van der Waals surface area contributed by atoms with E-state index in [0.717, 1.165) is 0 Å². The molecule has 0 radical (unpaired) electrons. The summed E-state index contributed by atoms with van der Waals surface area (Å²) in [6.45, 7) is 0.242. The van der Waals surface area contributed by atoms with Gasteiger partial charge in [0.2, 0.25) is 5.91 Å². The Bertz CT molecular complexity index is 1330. The second kappa shape index (κ2) is 12.0. The second-order valence-electron chi connectivity index (χ2n) is 8.25. The molecule has 0 aliphatic heterocycles. The zero-order valence-electron chi connectivity index (χ0n) is 20.8. The lowest BCUT2D eigenvalue weighted by molar-refractivity contribution is -0.116. The highest BCUT2D eigenvalue weighted by molar-refractivity contribution is 6.41. The van der Waals surface area contributed by atoms with Crippen LogP contribution in [0.15, 0.2) is 53.5 Å². The number of nitrogen functional groups attached to an aromatic ring is 1. The predicted octanol–water partition coefficient (Wildman–Crippen LogP) is 4.31. The van der Waals surface area contributed by atoms with Crippen LogP contribution in [0, 0.1) is 0 Å². The van der Waals surface area contributed by atoms with E-state index < -0.39 is 5.91 Å². The fourth-order valence-corrected chi connectivity index (χ4v) is 4.23. The summed E-state index contributed by atoms with van der Waals surface area (Å²) < 4.78 is 10.6. The summed E-state index contributed by atoms with van der Waals surface area (Å²) in [6.07, 6.45) is 0. The third-order valence-corrected chi connectivity index (χ3v) is 6.04. The Balaban J connectivity index is 1.85. The molecular weight excluding hydrogens is 517 g/mol. The van der Waals surface area contributed by atoms with Crippen LogP contribution in [0.3, 0.4) is 0 Å². The topological polar surface area (TPSA) is 132 Å². The molecule has 2 amide bonds. The highest BCUT2D eigenvalue weighted by Gasteiger charge is 2.20. The minimum atomic E-state index is -0.559. The minimum Gasteiger partial charge on any atom is -0.495 e. The largest absolute Gasteiger partial charge is 0.495 e. The lowest BCUT2D eigenvalue weighted by atomic mass is 10.0. The number of ether oxygens (including phenoxy) is 2. The van der Waals surface area contributed by atoms with Crippen molar-refractivity contribution >= 4 is 52.2 Å². The number of halogens is 2. The number of methoxy groups -OCH3 is 2. The van der Waals surface area contributed by atoms with Gasteiger partial charge >= 0.3 is 0 Å². The Morgan fingerprint density at radius 1 is 0.973 bits per heavy atom. The molecule has 3 aromatic rings. The normalized spacial score (nSPS) is 11.4. The smallest absolute Gasteiger partial charge is 0.278 e. The van der Waals surface area contributed by atoms with Crippen LogP contribution in [0.25, 0.3) is 11.1 Å². The number of carbonyl (C=O) groups excluding carboxylic acids is 2. The molecule has 0 bridgehead atoms. The van der Waals surface area contributed by atoms with Crippen molar-refractivity contribution in [2.24, 2.45) is 10.7 Å². The van der Waals surface area contributed by atoms with Crippen LogP contribution in [0.2, 0.25) is 10.0 Å². The summed E-state index contributed by atoms with van der Waals surface area (Å²) in [5.74, 6) is -0.0140. The van der Waals surface area contributed by atoms with Gasteiger partial charge in [0, 0.05) is 34.1 Å². The molecule has 37 heavy (non-hydrogen) atoms. The van der Waals surface area contributed by atoms with Crippen LogP contribution in [0.5, 0.6) is 11.5 Å². The number of carbonyl (C=O) groups is 2. The number of amidine groups is 1. The van der Waals surface area contributed by atoms with E-state index in [2.05, 4.69) is 10.3 Å². The summed E-state index contributed by atoms with van der Waals surface area (Å²) in [5, 5.41) is 3.33. The van der Waals surface area contributed by atoms with Gasteiger partial charge in [0.05, 0.1) is 30.8 Å². The Morgan fingerprint density at radius 3 is 2.08 bits per heavy atom. The van der Waals surface area contributed by atoms with Crippen molar-refractivity contribution in [3.8, 4) is 22.6 Å². The first-order valence-corrected chi connectivity index (χ1v) is 11.7. The second-order valence-corrected chi connectivity index (χ2v) is 9.01. The van der Waals surface area contributed by atoms with Gasteiger partial charge in [-0.2, -0.15) is 4.99 Å². The number of hydrogen-bond acceptors (Lipinski definition) is 6. The number of nitrogens with one attached hydrogen (secondary N) is 1. The molecule has 0 unspecified atom stereocenters. The van der Waals surface area contributed by atoms with Crippen molar-refractivity contribution < 1.29 is 19.1 Å². The van der Waals surface area contributed by atoms with E-state index in [1.165, 1.54) is 14.2 Å². The summed E-state index contributed by atoms with van der Waals surface area (Å²) in [6, 6.07) is 12.9. The molecule has 5 N–H and O–H groups in total. The average Bonchev–Trinajstić information content (AvgIpc) is 2.84.